The van der Waals surface area contributed by atoms with Gasteiger partial charge in [0.1, 0.15) is 0 Å². The van der Waals surface area contributed by atoms with E-state index in [0.29, 0.717) is 12.1 Å². The van der Waals surface area contributed by atoms with Crippen molar-refractivity contribution in [1.82, 2.24) is 10.3 Å². The molecular formula is C23H24N2O3. The number of hydrogen-bond acceptors (Lipinski definition) is 4. The Bertz CT molecular complexity index is 924. The summed E-state index contributed by atoms with van der Waals surface area (Å²) in [6.07, 6.45) is 3.66. The first-order valence-electron chi connectivity index (χ1n) is 9.26. The molecule has 1 heterocycles. The SMILES string of the molecule is Cc1cc(C(=O)O)ccc1-c1ccc(CCNC[C@H](O)c2cccnc2)cc1. The molecule has 0 fully saturated rings. The van der Waals surface area contributed by atoms with Crippen molar-refractivity contribution in [2.24, 2.45) is 0 Å². The Kier molecular flexibility index (Phi) is 6.53. The van der Waals surface area contributed by atoms with E-state index >= 15 is 0 Å². The Morgan fingerprint density at radius 3 is 2.57 bits per heavy atom. The maximum Gasteiger partial charge on any atom is 0.335 e. The average Bonchev–Trinajstić information content (AvgIpc) is 2.72. The molecule has 0 bridgehead atoms. The standard InChI is InChI=1S/C23H24N2O3/c1-16-13-19(23(27)28)8-9-21(16)18-6-4-17(5-7-18)10-12-25-15-22(26)20-3-2-11-24-14-20/h2-9,11,13-14,22,25-26H,10,12,15H2,1H3,(H,27,28)/t22-/m0/s1. The first-order chi connectivity index (χ1) is 13.5. The number of pyridine rings is 1. The van der Waals surface area contributed by atoms with Crippen molar-refractivity contribution in [3.8, 4) is 11.1 Å². The van der Waals surface area contributed by atoms with Gasteiger partial charge in [0.15, 0.2) is 0 Å². The van der Waals surface area contributed by atoms with Crippen LogP contribution in [0.3, 0.4) is 0 Å². The van der Waals surface area contributed by atoms with Gasteiger partial charge in [-0.3, -0.25) is 4.98 Å². The largest absolute Gasteiger partial charge is 0.478 e. The smallest absolute Gasteiger partial charge is 0.335 e. The third-order valence-electron chi connectivity index (χ3n) is 4.74. The molecule has 1 atom stereocenters. The summed E-state index contributed by atoms with van der Waals surface area (Å²) in [4.78, 5) is 15.1. The van der Waals surface area contributed by atoms with Crippen molar-refractivity contribution in [1.29, 1.82) is 0 Å². The number of aryl methyl sites for hydroxylation is 1. The van der Waals surface area contributed by atoms with Crippen LogP contribution in [0.4, 0.5) is 0 Å². The molecule has 3 aromatic rings. The number of benzene rings is 2. The van der Waals surface area contributed by atoms with Crippen LogP contribution in [0.2, 0.25) is 0 Å². The number of hydrogen-bond donors (Lipinski definition) is 3. The highest BCUT2D eigenvalue weighted by Crippen LogP contribution is 2.25. The van der Waals surface area contributed by atoms with Gasteiger partial charge in [-0.05, 0) is 60.3 Å². The average molecular weight is 376 g/mol. The summed E-state index contributed by atoms with van der Waals surface area (Å²) < 4.78 is 0. The second-order valence-electron chi connectivity index (χ2n) is 6.79. The lowest BCUT2D eigenvalue weighted by atomic mass is 9.97. The Hall–Kier alpha value is -3.02. The Labute approximate surface area is 164 Å². The fourth-order valence-electron chi connectivity index (χ4n) is 3.13. The number of carbonyl (C=O) groups is 1. The number of nitrogens with zero attached hydrogens (tertiary/aromatic N) is 1. The maximum atomic E-state index is 11.1. The number of aromatic carboxylic acids is 1. The highest BCUT2D eigenvalue weighted by Gasteiger charge is 2.08. The minimum atomic E-state index is -0.911. The molecule has 5 heteroatoms. The molecular weight excluding hydrogens is 352 g/mol. The summed E-state index contributed by atoms with van der Waals surface area (Å²) in [5.41, 5.74) is 5.36. The van der Waals surface area contributed by atoms with Gasteiger partial charge in [-0.25, -0.2) is 4.79 Å². The van der Waals surface area contributed by atoms with E-state index in [9.17, 15) is 9.90 Å². The normalized spacial score (nSPS) is 11.9. The number of rotatable bonds is 8. The first kappa shape index (κ1) is 19.7. The van der Waals surface area contributed by atoms with E-state index in [4.69, 9.17) is 5.11 Å². The van der Waals surface area contributed by atoms with Gasteiger partial charge in [-0.15, -0.1) is 0 Å². The number of carboxylic acid groups (broad SMARTS) is 1. The summed E-state index contributed by atoms with van der Waals surface area (Å²) in [6.45, 7) is 3.18. The van der Waals surface area contributed by atoms with Gasteiger partial charge >= 0.3 is 5.97 Å². The first-order valence-corrected chi connectivity index (χ1v) is 9.26. The number of aliphatic hydroxyl groups is 1. The van der Waals surface area contributed by atoms with Crippen LogP contribution in [0, 0.1) is 6.92 Å². The lowest BCUT2D eigenvalue weighted by Gasteiger charge is -2.12. The van der Waals surface area contributed by atoms with Gasteiger partial charge in [-0.2, -0.15) is 0 Å². The number of nitrogens with one attached hydrogen (secondary N) is 1. The highest BCUT2D eigenvalue weighted by molar-refractivity contribution is 5.89. The molecule has 3 rings (SSSR count). The number of aromatic nitrogens is 1. The quantitative estimate of drug-likeness (QED) is 0.523. The summed E-state index contributed by atoms with van der Waals surface area (Å²) in [5.74, 6) is -0.911. The second kappa shape index (κ2) is 9.26. The molecule has 2 aromatic carbocycles. The van der Waals surface area contributed by atoms with Crippen molar-refractivity contribution in [2.45, 2.75) is 19.4 Å². The third-order valence-corrected chi connectivity index (χ3v) is 4.74. The minimum Gasteiger partial charge on any atom is -0.478 e. The van der Waals surface area contributed by atoms with E-state index in [0.717, 1.165) is 35.2 Å². The second-order valence-corrected chi connectivity index (χ2v) is 6.79. The van der Waals surface area contributed by atoms with E-state index < -0.39 is 12.1 Å². The number of carboxylic acids is 1. The molecule has 0 aliphatic carbocycles. The molecule has 0 saturated heterocycles. The van der Waals surface area contributed by atoms with E-state index in [1.165, 1.54) is 5.56 Å². The van der Waals surface area contributed by atoms with Crippen molar-refractivity contribution in [3.63, 3.8) is 0 Å². The molecule has 0 aliphatic rings. The van der Waals surface area contributed by atoms with Crippen LogP contribution < -0.4 is 5.32 Å². The van der Waals surface area contributed by atoms with E-state index in [1.807, 2.05) is 25.1 Å². The Balaban J connectivity index is 1.53. The van der Waals surface area contributed by atoms with Crippen LogP contribution in [0.5, 0.6) is 0 Å². The molecule has 0 spiro atoms. The van der Waals surface area contributed by atoms with Crippen LogP contribution in [-0.2, 0) is 6.42 Å². The highest BCUT2D eigenvalue weighted by atomic mass is 16.4. The Morgan fingerprint density at radius 1 is 1.14 bits per heavy atom. The fourth-order valence-corrected chi connectivity index (χ4v) is 3.13. The van der Waals surface area contributed by atoms with Crippen LogP contribution >= 0.6 is 0 Å². The Morgan fingerprint density at radius 2 is 1.93 bits per heavy atom. The van der Waals surface area contributed by atoms with Crippen molar-refractivity contribution < 1.29 is 15.0 Å². The topological polar surface area (TPSA) is 82.5 Å². The maximum absolute atomic E-state index is 11.1. The molecule has 144 valence electrons. The molecule has 0 amide bonds. The van der Waals surface area contributed by atoms with Crippen LogP contribution in [0.25, 0.3) is 11.1 Å². The van der Waals surface area contributed by atoms with Crippen molar-refractivity contribution in [2.75, 3.05) is 13.1 Å². The monoisotopic (exact) mass is 376 g/mol. The zero-order valence-electron chi connectivity index (χ0n) is 15.8. The van der Waals surface area contributed by atoms with E-state index in [2.05, 4.69) is 34.6 Å². The van der Waals surface area contributed by atoms with Gasteiger partial charge in [0.05, 0.1) is 11.7 Å². The zero-order chi connectivity index (χ0) is 19.9. The summed E-state index contributed by atoms with van der Waals surface area (Å²) >= 11 is 0. The summed E-state index contributed by atoms with van der Waals surface area (Å²) in [7, 11) is 0. The predicted molar refractivity (Wildman–Crippen MR) is 109 cm³/mol. The molecule has 5 nitrogen and oxygen atoms in total. The van der Waals surface area contributed by atoms with Gasteiger partial charge in [0, 0.05) is 24.5 Å². The lowest BCUT2D eigenvalue weighted by molar-refractivity contribution is 0.0697. The van der Waals surface area contributed by atoms with Crippen LogP contribution in [-0.4, -0.2) is 34.3 Å². The molecule has 0 saturated carbocycles. The van der Waals surface area contributed by atoms with Crippen LogP contribution in [0.15, 0.2) is 67.0 Å². The van der Waals surface area contributed by atoms with Gasteiger partial charge in [-0.1, -0.05) is 36.4 Å². The lowest BCUT2D eigenvalue weighted by Crippen LogP contribution is -2.23. The predicted octanol–water partition coefficient (Wildman–Crippen LogP) is 3.62. The molecule has 0 aliphatic heterocycles. The third kappa shape index (κ3) is 5.03. The van der Waals surface area contributed by atoms with Crippen LogP contribution in [0.1, 0.15) is 33.2 Å². The molecule has 3 N–H and O–H groups in total. The molecule has 28 heavy (non-hydrogen) atoms. The minimum absolute atomic E-state index is 0.303. The molecule has 0 unspecified atom stereocenters. The van der Waals surface area contributed by atoms with E-state index in [1.54, 1.807) is 24.5 Å². The number of aliphatic hydroxyl groups excluding tert-OH is 1. The van der Waals surface area contributed by atoms with Gasteiger partial charge in [0.25, 0.3) is 0 Å². The zero-order valence-corrected chi connectivity index (χ0v) is 15.8. The van der Waals surface area contributed by atoms with Crippen molar-refractivity contribution >= 4 is 5.97 Å². The summed E-state index contributed by atoms with van der Waals surface area (Å²) in [6, 6.07) is 17.2. The fraction of sp³-hybridized carbons (Fsp3) is 0.217. The summed E-state index contributed by atoms with van der Waals surface area (Å²) in [5, 5.41) is 22.5. The molecule has 0 radical (unpaired) electrons. The van der Waals surface area contributed by atoms with E-state index in [-0.39, 0.29) is 0 Å². The van der Waals surface area contributed by atoms with Gasteiger partial charge < -0.3 is 15.5 Å². The van der Waals surface area contributed by atoms with Crippen molar-refractivity contribution in [3.05, 3.63) is 89.2 Å². The van der Waals surface area contributed by atoms with Gasteiger partial charge in [0.2, 0.25) is 0 Å². The molecule has 1 aromatic heterocycles.